The van der Waals surface area contributed by atoms with E-state index in [1.54, 1.807) is 26.0 Å². The van der Waals surface area contributed by atoms with Crippen LogP contribution in [-0.4, -0.2) is 37.4 Å². The smallest absolute Gasteiger partial charge is 0.330 e. The molecule has 25 heavy (non-hydrogen) atoms. The summed E-state index contributed by atoms with van der Waals surface area (Å²) in [6.45, 7) is 12.4. The Morgan fingerprint density at radius 2 is 1.52 bits per heavy atom. The highest BCUT2D eigenvalue weighted by Gasteiger charge is 2.11. The van der Waals surface area contributed by atoms with E-state index < -0.39 is 24.1 Å². The highest BCUT2D eigenvalue weighted by Crippen LogP contribution is 2.24. The van der Waals surface area contributed by atoms with Crippen LogP contribution in [0.1, 0.15) is 19.4 Å². The zero-order chi connectivity index (χ0) is 18.8. The fourth-order valence-corrected chi connectivity index (χ4v) is 1.81. The SMILES string of the molecule is C=CC(=O)OC(C)COc1ccc(C)c(OCC(C)OC(=O)C=C)c1. The molecule has 136 valence electrons. The number of hydrogen-bond acceptors (Lipinski definition) is 6. The van der Waals surface area contributed by atoms with Crippen molar-refractivity contribution in [1.82, 2.24) is 0 Å². The van der Waals surface area contributed by atoms with Crippen molar-refractivity contribution in [2.24, 2.45) is 0 Å². The Morgan fingerprint density at radius 1 is 1.00 bits per heavy atom. The highest BCUT2D eigenvalue weighted by molar-refractivity contribution is 5.81. The standard InChI is InChI=1S/C19H24O6/c1-6-18(20)24-14(4)11-22-16-9-8-13(3)17(10-16)23-12-15(5)25-19(21)7-2/h6-10,14-15H,1-2,11-12H2,3-5H3. The molecule has 2 atom stereocenters. The monoisotopic (exact) mass is 348 g/mol. The van der Waals surface area contributed by atoms with Gasteiger partial charge in [-0.1, -0.05) is 19.2 Å². The predicted molar refractivity (Wildman–Crippen MR) is 93.7 cm³/mol. The van der Waals surface area contributed by atoms with Gasteiger partial charge in [-0.15, -0.1) is 0 Å². The summed E-state index contributed by atoms with van der Waals surface area (Å²) in [5, 5.41) is 0. The number of hydrogen-bond donors (Lipinski definition) is 0. The Balaban J connectivity index is 2.57. The second-order valence-electron chi connectivity index (χ2n) is 5.45. The molecule has 0 heterocycles. The molecule has 1 rings (SSSR count). The molecule has 1 aromatic rings. The maximum Gasteiger partial charge on any atom is 0.330 e. The minimum Gasteiger partial charge on any atom is -0.490 e. The molecular formula is C19H24O6. The summed E-state index contributed by atoms with van der Waals surface area (Å²) in [5.74, 6) is 0.215. The molecule has 0 spiro atoms. The van der Waals surface area contributed by atoms with E-state index in [-0.39, 0.29) is 13.2 Å². The molecule has 0 N–H and O–H groups in total. The van der Waals surface area contributed by atoms with Crippen molar-refractivity contribution in [3.8, 4) is 11.5 Å². The van der Waals surface area contributed by atoms with E-state index in [0.717, 1.165) is 17.7 Å². The third-order valence-corrected chi connectivity index (χ3v) is 3.09. The molecule has 0 fully saturated rings. The van der Waals surface area contributed by atoms with Crippen LogP contribution in [0.4, 0.5) is 0 Å². The lowest BCUT2D eigenvalue weighted by molar-refractivity contribution is -0.144. The molecule has 0 aliphatic carbocycles. The molecule has 2 unspecified atom stereocenters. The van der Waals surface area contributed by atoms with Crippen molar-refractivity contribution in [1.29, 1.82) is 0 Å². The predicted octanol–water partition coefficient (Wildman–Crippen LogP) is 2.99. The van der Waals surface area contributed by atoms with Gasteiger partial charge in [-0.05, 0) is 32.4 Å². The molecule has 6 heteroatoms. The lowest BCUT2D eigenvalue weighted by Crippen LogP contribution is -2.21. The lowest BCUT2D eigenvalue weighted by atomic mass is 10.2. The number of carbonyl (C=O) groups is 2. The van der Waals surface area contributed by atoms with Crippen molar-refractivity contribution < 1.29 is 28.5 Å². The van der Waals surface area contributed by atoms with E-state index in [4.69, 9.17) is 18.9 Å². The van der Waals surface area contributed by atoms with E-state index in [0.29, 0.717) is 11.5 Å². The van der Waals surface area contributed by atoms with Crippen LogP contribution in [-0.2, 0) is 19.1 Å². The second-order valence-corrected chi connectivity index (χ2v) is 5.45. The number of benzene rings is 1. The Hall–Kier alpha value is -2.76. The summed E-state index contributed by atoms with van der Waals surface area (Å²) in [6.07, 6.45) is 1.40. The summed E-state index contributed by atoms with van der Waals surface area (Å²) in [6, 6.07) is 5.39. The van der Waals surface area contributed by atoms with Crippen molar-refractivity contribution in [3.05, 3.63) is 49.1 Å². The Labute approximate surface area is 148 Å². The highest BCUT2D eigenvalue weighted by atomic mass is 16.6. The van der Waals surface area contributed by atoms with E-state index >= 15 is 0 Å². The molecule has 0 amide bonds. The van der Waals surface area contributed by atoms with Crippen LogP contribution in [0.15, 0.2) is 43.5 Å². The number of ether oxygens (including phenoxy) is 4. The van der Waals surface area contributed by atoms with Gasteiger partial charge in [0.15, 0.2) is 0 Å². The van der Waals surface area contributed by atoms with Gasteiger partial charge in [0.25, 0.3) is 0 Å². The van der Waals surface area contributed by atoms with Crippen LogP contribution in [0.5, 0.6) is 11.5 Å². The third kappa shape index (κ3) is 7.56. The Kier molecular flexibility index (Phi) is 8.26. The molecule has 0 bridgehead atoms. The number of aryl methyl sites for hydroxylation is 1. The Bertz CT molecular complexity index is 622. The second kappa shape index (κ2) is 10.2. The molecule has 0 aliphatic heterocycles. The molecule has 6 nitrogen and oxygen atoms in total. The van der Waals surface area contributed by atoms with Gasteiger partial charge in [0.05, 0.1) is 0 Å². The summed E-state index contributed by atoms with van der Waals surface area (Å²) in [7, 11) is 0. The summed E-state index contributed by atoms with van der Waals surface area (Å²) < 4.78 is 21.4. The van der Waals surface area contributed by atoms with E-state index in [2.05, 4.69) is 13.2 Å². The summed E-state index contributed by atoms with van der Waals surface area (Å²) >= 11 is 0. The maximum absolute atomic E-state index is 11.1. The summed E-state index contributed by atoms with van der Waals surface area (Å²) in [5.41, 5.74) is 0.917. The molecule has 1 aromatic carbocycles. The molecule has 0 radical (unpaired) electrons. The van der Waals surface area contributed by atoms with Crippen molar-refractivity contribution in [3.63, 3.8) is 0 Å². The van der Waals surface area contributed by atoms with Gasteiger partial charge in [-0.2, -0.15) is 0 Å². The summed E-state index contributed by atoms with van der Waals surface area (Å²) in [4.78, 5) is 22.3. The Morgan fingerprint density at radius 3 is 2.04 bits per heavy atom. The zero-order valence-corrected chi connectivity index (χ0v) is 14.8. The molecular weight excluding hydrogens is 324 g/mol. The van der Waals surface area contributed by atoms with Crippen LogP contribution in [0, 0.1) is 6.92 Å². The maximum atomic E-state index is 11.1. The zero-order valence-electron chi connectivity index (χ0n) is 14.8. The minimum absolute atomic E-state index is 0.204. The number of carbonyl (C=O) groups excluding carboxylic acids is 2. The van der Waals surface area contributed by atoms with Gasteiger partial charge < -0.3 is 18.9 Å². The number of esters is 2. The van der Waals surface area contributed by atoms with Gasteiger partial charge in [-0.25, -0.2) is 9.59 Å². The van der Waals surface area contributed by atoms with Crippen LogP contribution >= 0.6 is 0 Å². The fraction of sp³-hybridized carbons (Fsp3) is 0.368. The first-order chi connectivity index (χ1) is 11.8. The quantitative estimate of drug-likeness (QED) is 0.478. The fourth-order valence-electron chi connectivity index (χ4n) is 1.81. The van der Waals surface area contributed by atoms with Crippen molar-refractivity contribution in [2.45, 2.75) is 33.0 Å². The normalized spacial score (nSPS) is 12.4. The van der Waals surface area contributed by atoms with Gasteiger partial charge in [0.1, 0.15) is 36.9 Å². The average molecular weight is 348 g/mol. The van der Waals surface area contributed by atoms with Crippen LogP contribution in [0.2, 0.25) is 0 Å². The molecule has 0 aliphatic rings. The average Bonchev–Trinajstić information content (AvgIpc) is 2.59. The van der Waals surface area contributed by atoms with E-state index in [9.17, 15) is 9.59 Å². The van der Waals surface area contributed by atoms with Crippen LogP contribution in [0.25, 0.3) is 0 Å². The van der Waals surface area contributed by atoms with Gasteiger partial charge in [0, 0.05) is 18.2 Å². The van der Waals surface area contributed by atoms with Gasteiger partial charge in [0.2, 0.25) is 0 Å². The topological polar surface area (TPSA) is 71.1 Å². The van der Waals surface area contributed by atoms with Gasteiger partial charge in [-0.3, -0.25) is 0 Å². The molecule has 0 saturated carbocycles. The first-order valence-electron chi connectivity index (χ1n) is 7.88. The largest absolute Gasteiger partial charge is 0.490 e. The van der Waals surface area contributed by atoms with Crippen molar-refractivity contribution >= 4 is 11.9 Å². The first-order valence-corrected chi connectivity index (χ1v) is 7.88. The minimum atomic E-state index is -0.493. The number of rotatable bonds is 10. The molecule has 0 saturated heterocycles. The third-order valence-electron chi connectivity index (χ3n) is 3.09. The first kappa shape index (κ1) is 20.3. The van der Waals surface area contributed by atoms with Crippen LogP contribution in [0.3, 0.4) is 0 Å². The lowest BCUT2D eigenvalue weighted by Gasteiger charge is -2.17. The van der Waals surface area contributed by atoms with Gasteiger partial charge >= 0.3 is 11.9 Å². The van der Waals surface area contributed by atoms with E-state index in [1.165, 1.54) is 0 Å². The van der Waals surface area contributed by atoms with Crippen LogP contribution < -0.4 is 9.47 Å². The van der Waals surface area contributed by atoms with Crippen molar-refractivity contribution in [2.75, 3.05) is 13.2 Å². The van der Waals surface area contributed by atoms with E-state index in [1.807, 2.05) is 13.0 Å². The molecule has 0 aromatic heterocycles.